The quantitative estimate of drug-likeness (QED) is 0.180. The monoisotopic (exact) mass is 418 g/mol. The Balaban J connectivity index is 2.81. The number of nitrogens with two attached hydrogens (primary N) is 1. The first-order valence-electron chi connectivity index (χ1n) is 7.83. The SMILES string of the molecule is NC(CS)C(=O)NC(CS)C(=O)NC(Cc1cnc[nH]1)C(=O)NCC(=O)O. The summed E-state index contributed by atoms with van der Waals surface area (Å²) in [5.41, 5.74) is 6.10. The third kappa shape index (κ3) is 7.88. The minimum Gasteiger partial charge on any atom is -0.480 e. The molecule has 3 unspecified atom stereocenters. The highest BCUT2D eigenvalue weighted by molar-refractivity contribution is 7.80. The van der Waals surface area contributed by atoms with Gasteiger partial charge in [0.15, 0.2) is 0 Å². The van der Waals surface area contributed by atoms with Gasteiger partial charge in [0.05, 0.1) is 12.4 Å². The van der Waals surface area contributed by atoms with E-state index in [2.05, 4.69) is 51.2 Å². The summed E-state index contributed by atoms with van der Waals surface area (Å²) in [6, 6.07) is -3.03. The van der Waals surface area contributed by atoms with Crippen LogP contribution in [0.1, 0.15) is 5.69 Å². The molecule has 7 N–H and O–H groups in total. The van der Waals surface area contributed by atoms with Gasteiger partial charge in [-0.15, -0.1) is 0 Å². The number of rotatable bonds is 11. The van der Waals surface area contributed by atoms with Crippen LogP contribution in [0.5, 0.6) is 0 Å². The van der Waals surface area contributed by atoms with Crippen molar-refractivity contribution in [3.8, 4) is 0 Å². The molecule has 150 valence electrons. The molecule has 0 spiro atoms. The minimum absolute atomic E-state index is 0.0373. The number of carboxylic acids is 1. The Morgan fingerprint density at radius 1 is 1.11 bits per heavy atom. The lowest BCUT2D eigenvalue weighted by Crippen LogP contribution is -2.57. The van der Waals surface area contributed by atoms with E-state index < -0.39 is 48.4 Å². The van der Waals surface area contributed by atoms with Gasteiger partial charge in [0, 0.05) is 29.8 Å². The van der Waals surface area contributed by atoms with Gasteiger partial charge in [-0.1, -0.05) is 0 Å². The van der Waals surface area contributed by atoms with Crippen LogP contribution in [0.15, 0.2) is 12.5 Å². The maximum Gasteiger partial charge on any atom is 0.322 e. The van der Waals surface area contributed by atoms with Gasteiger partial charge in [-0.2, -0.15) is 25.3 Å². The van der Waals surface area contributed by atoms with Crippen molar-refractivity contribution in [3.63, 3.8) is 0 Å². The van der Waals surface area contributed by atoms with Gasteiger partial charge >= 0.3 is 5.97 Å². The van der Waals surface area contributed by atoms with Crippen LogP contribution in [-0.2, 0) is 25.6 Å². The molecule has 0 aromatic carbocycles. The molecule has 11 nitrogen and oxygen atoms in total. The molecule has 3 amide bonds. The molecule has 1 heterocycles. The number of carbonyl (C=O) groups excluding carboxylic acids is 3. The van der Waals surface area contributed by atoms with Gasteiger partial charge in [0.1, 0.15) is 18.6 Å². The highest BCUT2D eigenvalue weighted by Gasteiger charge is 2.27. The fourth-order valence-corrected chi connectivity index (χ4v) is 2.36. The van der Waals surface area contributed by atoms with E-state index in [-0.39, 0.29) is 17.9 Å². The highest BCUT2D eigenvalue weighted by Crippen LogP contribution is 2.01. The second kappa shape index (κ2) is 11.5. The summed E-state index contributed by atoms with van der Waals surface area (Å²) in [7, 11) is 0. The molecule has 0 saturated heterocycles. The molecule has 0 aliphatic rings. The van der Waals surface area contributed by atoms with Gasteiger partial charge < -0.3 is 31.8 Å². The molecule has 27 heavy (non-hydrogen) atoms. The Kier molecular flexibility index (Phi) is 9.67. The standard InChI is InChI=1S/C14H22N6O5S2/c15-8(4-26)12(23)20-10(5-27)14(25)19-9(1-7-2-16-6-18-7)13(24)17-3-11(21)22/h2,6,8-10,26-27H,1,3-5,15H2,(H,16,18)(H,17,24)(H,19,25)(H,20,23)(H,21,22). The zero-order valence-electron chi connectivity index (χ0n) is 14.2. The molecule has 0 aliphatic heterocycles. The number of amides is 3. The minimum atomic E-state index is -1.23. The average Bonchev–Trinajstić information content (AvgIpc) is 3.15. The van der Waals surface area contributed by atoms with E-state index in [1.54, 1.807) is 0 Å². The van der Waals surface area contributed by atoms with E-state index in [0.29, 0.717) is 5.69 Å². The zero-order valence-corrected chi connectivity index (χ0v) is 16.0. The van der Waals surface area contributed by atoms with Gasteiger partial charge in [-0.25, -0.2) is 4.98 Å². The number of thiol groups is 2. The van der Waals surface area contributed by atoms with E-state index in [0.717, 1.165) is 0 Å². The predicted octanol–water partition coefficient (Wildman–Crippen LogP) is -2.69. The summed E-state index contributed by atoms with van der Waals surface area (Å²) >= 11 is 7.94. The molecule has 3 atom stereocenters. The number of nitrogens with one attached hydrogen (secondary N) is 4. The number of H-pyrrole nitrogens is 1. The highest BCUT2D eigenvalue weighted by atomic mass is 32.1. The summed E-state index contributed by atoms with van der Waals surface area (Å²) in [4.78, 5) is 53.8. The normalized spacial score (nSPS) is 13.9. The van der Waals surface area contributed by atoms with Crippen LogP contribution in [0.3, 0.4) is 0 Å². The second-order valence-corrected chi connectivity index (χ2v) is 6.22. The van der Waals surface area contributed by atoms with Crippen molar-refractivity contribution >= 4 is 48.9 Å². The summed E-state index contributed by atoms with van der Waals surface area (Å²) in [5.74, 6) is -3.12. The molecule has 0 bridgehead atoms. The largest absolute Gasteiger partial charge is 0.480 e. The topological polar surface area (TPSA) is 179 Å². The van der Waals surface area contributed by atoms with Crippen molar-refractivity contribution in [3.05, 3.63) is 18.2 Å². The number of carboxylic acid groups (broad SMARTS) is 1. The molecule has 0 aliphatic carbocycles. The van der Waals surface area contributed by atoms with Crippen LogP contribution in [0.2, 0.25) is 0 Å². The third-order valence-electron chi connectivity index (χ3n) is 3.37. The molecule has 0 fully saturated rings. The molecule has 1 aromatic heterocycles. The summed E-state index contributed by atoms with van der Waals surface area (Å²) in [5, 5.41) is 15.8. The van der Waals surface area contributed by atoms with Crippen LogP contribution < -0.4 is 21.7 Å². The number of carbonyl (C=O) groups is 4. The van der Waals surface area contributed by atoms with E-state index in [4.69, 9.17) is 10.8 Å². The molecule has 0 saturated carbocycles. The summed E-state index contributed by atoms with van der Waals surface area (Å²) in [6.45, 7) is -0.599. The predicted molar refractivity (Wildman–Crippen MR) is 102 cm³/mol. The fraction of sp³-hybridized carbons (Fsp3) is 0.500. The first kappa shape index (κ1) is 22.8. The van der Waals surface area contributed by atoms with Crippen molar-refractivity contribution in [1.82, 2.24) is 25.9 Å². The van der Waals surface area contributed by atoms with Gasteiger partial charge in [-0.3, -0.25) is 19.2 Å². The van der Waals surface area contributed by atoms with Gasteiger partial charge in [0.2, 0.25) is 17.7 Å². The average molecular weight is 419 g/mol. The van der Waals surface area contributed by atoms with Crippen molar-refractivity contribution in [2.45, 2.75) is 24.5 Å². The van der Waals surface area contributed by atoms with E-state index >= 15 is 0 Å². The number of aliphatic carboxylic acids is 1. The smallest absolute Gasteiger partial charge is 0.322 e. The number of nitrogens with zero attached hydrogens (tertiary/aromatic N) is 1. The van der Waals surface area contributed by atoms with E-state index in [9.17, 15) is 19.2 Å². The third-order valence-corrected chi connectivity index (χ3v) is 4.13. The summed E-state index contributed by atoms with van der Waals surface area (Å²) in [6.07, 6.45) is 2.91. The number of aromatic nitrogens is 2. The van der Waals surface area contributed by atoms with Crippen molar-refractivity contribution in [2.24, 2.45) is 5.73 Å². The molecule has 1 rings (SSSR count). The number of aromatic amines is 1. The maximum atomic E-state index is 12.4. The lowest BCUT2D eigenvalue weighted by Gasteiger charge is -2.22. The molecular weight excluding hydrogens is 396 g/mol. The molecule has 0 radical (unpaired) electrons. The zero-order chi connectivity index (χ0) is 20.4. The van der Waals surface area contributed by atoms with Crippen molar-refractivity contribution in [1.29, 1.82) is 0 Å². The fourth-order valence-electron chi connectivity index (χ4n) is 1.94. The molecule has 13 heteroatoms. The maximum absolute atomic E-state index is 12.4. The molecule has 1 aromatic rings. The Morgan fingerprint density at radius 2 is 1.78 bits per heavy atom. The number of imidazole rings is 1. The van der Waals surface area contributed by atoms with E-state index in [1.165, 1.54) is 12.5 Å². The Bertz CT molecular complexity index is 656. The lowest BCUT2D eigenvalue weighted by molar-refractivity contribution is -0.138. The van der Waals surface area contributed by atoms with E-state index in [1.807, 2.05) is 0 Å². The first-order valence-corrected chi connectivity index (χ1v) is 9.09. The first-order chi connectivity index (χ1) is 12.8. The Hall–Kier alpha value is -2.25. The molecular formula is C14H22N6O5S2. The van der Waals surface area contributed by atoms with Gasteiger partial charge in [-0.05, 0) is 0 Å². The van der Waals surface area contributed by atoms with Crippen molar-refractivity contribution < 1.29 is 24.3 Å². The summed E-state index contributed by atoms with van der Waals surface area (Å²) < 4.78 is 0. The van der Waals surface area contributed by atoms with Crippen molar-refractivity contribution in [2.75, 3.05) is 18.1 Å². The van der Waals surface area contributed by atoms with Crippen LogP contribution in [0.4, 0.5) is 0 Å². The van der Waals surface area contributed by atoms with Crippen LogP contribution in [0.25, 0.3) is 0 Å². The van der Waals surface area contributed by atoms with Crippen LogP contribution in [0, 0.1) is 0 Å². The Labute approximate surface area is 166 Å². The van der Waals surface area contributed by atoms with Crippen LogP contribution >= 0.6 is 25.3 Å². The number of hydrogen-bond donors (Lipinski definition) is 8. The van der Waals surface area contributed by atoms with Gasteiger partial charge in [0.25, 0.3) is 0 Å². The number of hydrogen-bond acceptors (Lipinski definition) is 8. The second-order valence-electron chi connectivity index (χ2n) is 5.49. The van der Waals surface area contributed by atoms with Crippen LogP contribution in [-0.4, -0.2) is 74.9 Å². The Morgan fingerprint density at radius 3 is 2.30 bits per heavy atom. The lowest BCUT2D eigenvalue weighted by atomic mass is 10.1.